The third-order valence-electron chi connectivity index (χ3n) is 5.77. The molecule has 2 aromatic heterocycles. The Morgan fingerprint density at radius 1 is 1.25 bits per heavy atom. The first-order valence-electron chi connectivity index (χ1n) is 13.7. The number of aryl methyl sites for hydroxylation is 1. The lowest BCUT2D eigenvalue weighted by molar-refractivity contribution is 0.194. The SMILES string of the molecule is C=CC(=N/C(=C(\C)N)c1nnc(-c2ccc(CNCCCOC)cc2C)o1)c1ccc(=O)n(C(C)C)c1.CCC. The zero-order chi connectivity index (χ0) is 29.7. The second-order valence-corrected chi connectivity index (χ2v) is 9.78. The zero-order valence-electron chi connectivity index (χ0n) is 25.0. The van der Waals surface area contributed by atoms with Gasteiger partial charge in [-0.25, -0.2) is 4.99 Å². The monoisotopic (exact) mass is 548 g/mol. The maximum Gasteiger partial charge on any atom is 0.268 e. The number of ether oxygens (including phenoxy) is 1. The standard InChI is InChI=1S/C28H36N6O3.C3H8/c1-7-24(22-10-12-25(35)34(17-22)18(2)3)31-26(20(5)29)28-33-32-27(37-28)23-11-9-21(15-19(23)4)16-30-13-8-14-36-6;1-3-2/h7,9-12,15,17-18,30H,1,8,13-14,16,29H2,2-6H3;3H2,1-2H3/b26-20+,31-24?;. The van der Waals surface area contributed by atoms with Crippen molar-refractivity contribution in [3.63, 3.8) is 0 Å². The number of methoxy groups -OCH3 is 1. The van der Waals surface area contributed by atoms with Gasteiger partial charge in [0.25, 0.3) is 11.4 Å². The molecule has 1 aromatic carbocycles. The van der Waals surface area contributed by atoms with Gasteiger partial charge in [-0.1, -0.05) is 39.0 Å². The van der Waals surface area contributed by atoms with Crippen LogP contribution in [0.4, 0.5) is 0 Å². The van der Waals surface area contributed by atoms with Crippen LogP contribution in [-0.4, -0.2) is 40.7 Å². The van der Waals surface area contributed by atoms with Crippen molar-refractivity contribution in [3.05, 3.63) is 87.8 Å². The molecule has 0 saturated carbocycles. The Bertz CT molecular complexity index is 1360. The quantitative estimate of drug-likeness (QED) is 0.221. The number of aromatic nitrogens is 3. The zero-order valence-corrected chi connectivity index (χ0v) is 25.0. The minimum Gasteiger partial charge on any atom is -0.415 e. The fraction of sp³-hybridized carbons (Fsp3) is 0.419. The number of hydrogen-bond acceptors (Lipinski definition) is 8. The molecule has 3 rings (SSSR count). The number of aliphatic imine (C=N–C) groups is 1. The lowest BCUT2D eigenvalue weighted by atomic mass is 10.0. The highest BCUT2D eigenvalue weighted by molar-refractivity contribution is 6.10. The summed E-state index contributed by atoms with van der Waals surface area (Å²) in [7, 11) is 1.71. The summed E-state index contributed by atoms with van der Waals surface area (Å²) in [6.45, 7) is 18.2. The van der Waals surface area contributed by atoms with Gasteiger partial charge in [0.15, 0.2) is 0 Å². The molecule has 0 fully saturated rings. The summed E-state index contributed by atoms with van der Waals surface area (Å²) in [5.41, 5.74) is 11.1. The fourth-order valence-electron chi connectivity index (χ4n) is 3.79. The lowest BCUT2D eigenvalue weighted by Crippen LogP contribution is -2.21. The van der Waals surface area contributed by atoms with Crippen molar-refractivity contribution in [1.29, 1.82) is 0 Å². The predicted octanol–water partition coefficient (Wildman–Crippen LogP) is 5.65. The van der Waals surface area contributed by atoms with E-state index in [1.54, 1.807) is 36.9 Å². The van der Waals surface area contributed by atoms with Gasteiger partial charge in [-0.05, 0) is 70.0 Å². The Balaban J connectivity index is 0.00000178. The normalized spacial score (nSPS) is 12.2. The highest BCUT2D eigenvalue weighted by Gasteiger charge is 2.17. The minimum atomic E-state index is -0.0854. The first kappa shape index (κ1) is 32.4. The molecule has 0 bridgehead atoms. The van der Waals surface area contributed by atoms with Crippen molar-refractivity contribution in [1.82, 2.24) is 20.1 Å². The van der Waals surface area contributed by atoms with Crippen LogP contribution in [0.5, 0.6) is 0 Å². The molecule has 40 heavy (non-hydrogen) atoms. The summed E-state index contributed by atoms with van der Waals surface area (Å²) in [5.74, 6) is 0.587. The molecule has 0 amide bonds. The summed E-state index contributed by atoms with van der Waals surface area (Å²) < 4.78 is 12.7. The molecule has 0 spiro atoms. The molecule has 0 aliphatic carbocycles. The Kier molecular flexibility index (Phi) is 13.2. The van der Waals surface area contributed by atoms with Crippen LogP contribution < -0.4 is 16.6 Å². The summed E-state index contributed by atoms with van der Waals surface area (Å²) in [6.07, 6.45) is 5.58. The number of nitrogens with zero attached hydrogens (tertiary/aromatic N) is 4. The molecule has 216 valence electrons. The minimum absolute atomic E-state index is 0.00402. The van der Waals surface area contributed by atoms with Gasteiger partial charge in [0.1, 0.15) is 5.70 Å². The first-order valence-corrected chi connectivity index (χ1v) is 13.7. The van der Waals surface area contributed by atoms with Crippen molar-refractivity contribution in [2.45, 2.75) is 67.0 Å². The van der Waals surface area contributed by atoms with E-state index >= 15 is 0 Å². The van der Waals surface area contributed by atoms with Gasteiger partial charge < -0.3 is 24.8 Å². The highest BCUT2D eigenvalue weighted by atomic mass is 16.5. The molecule has 0 atom stereocenters. The Hall–Kier alpha value is -3.82. The van der Waals surface area contributed by atoms with Crippen molar-refractivity contribution in [2.24, 2.45) is 10.7 Å². The summed E-state index contributed by atoms with van der Waals surface area (Å²) >= 11 is 0. The van der Waals surface area contributed by atoms with Gasteiger partial charge in [-0.3, -0.25) is 4.79 Å². The van der Waals surface area contributed by atoms with Crippen molar-refractivity contribution in [2.75, 3.05) is 20.3 Å². The Morgan fingerprint density at radius 2 is 1.98 bits per heavy atom. The van der Waals surface area contributed by atoms with Gasteiger partial charge in [-0.2, -0.15) is 0 Å². The van der Waals surface area contributed by atoms with Gasteiger partial charge >= 0.3 is 0 Å². The van der Waals surface area contributed by atoms with E-state index in [1.807, 2.05) is 32.9 Å². The van der Waals surface area contributed by atoms with E-state index in [2.05, 4.69) is 47.0 Å². The van der Waals surface area contributed by atoms with Crippen LogP contribution in [0.3, 0.4) is 0 Å². The van der Waals surface area contributed by atoms with Crippen LogP contribution >= 0.6 is 0 Å². The Morgan fingerprint density at radius 3 is 2.58 bits per heavy atom. The second-order valence-electron chi connectivity index (χ2n) is 9.78. The van der Waals surface area contributed by atoms with Crippen LogP contribution in [0.15, 0.2) is 69.1 Å². The van der Waals surface area contributed by atoms with E-state index in [0.29, 0.717) is 23.0 Å². The number of rotatable bonds is 12. The lowest BCUT2D eigenvalue weighted by Gasteiger charge is -2.12. The van der Waals surface area contributed by atoms with E-state index < -0.39 is 0 Å². The third kappa shape index (κ3) is 9.14. The average molecular weight is 549 g/mol. The molecule has 0 saturated heterocycles. The smallest absolute Gasteiger partial charge is 0.268 e. The van der Waals surface area contributed by atoms with Crippen LogP contribution in [0.1, 0.15) is 76.1 Å². The topological polar surface area (TPSA) is 121 Å². The average Bonchev–Trinajstić information content (AvgIpc) is 3.39. The fourth-order valence-corrected chi connectivity index (χ4v) is 3.79. The molecule has 0 aliphatic heterocycles. The van der Waals surface area contributed by atoms with E-state index in [-0.39, 0.29) is 17.5 Å². The molecule has 3 N–H and O–H groups in total. The number of allylic oxidation sites excluding steroid dienone is 2. The predicted molar refractivity (Wildman–Crippen MR) is 163 cm³/mol. The van der Waals surface area contributed by atoms with E-state index in [1.165, 1.54) is 18.1 Å². The van der Waals surface area contributed by atoms with Crippen LogP contribution in [0.2, 0.25) is 0 Å². The van der Waals surface area contributed by atoms with Gasteiger partial charge in [0, 0.05) is 55.4 Å². The molecular weight excluding hydrogens is 504 g/mol. The highest BCUT2D eigenvalue weighted by Crippen LogP contribution is 2.27. The maximum absolute atomic E-state index is 12.2. The van der Waals surface area contributed by atoms with Gasteiger partial charge in [0.2, 0.25) is 5.89 Å². The number of nitrogens with one attached hydrogen (secondary N) is 1. The summed E-state index contributed by atoms with van der Waals surface area (Å²) in [4.78, 5) is 16.9. The number of benzene rings is 1. The van der Waals surface area contributed by atoms with Crippen LogP contribution in [-0.2, 0) is 11.3 Å². The van der Waals surface area contributed by atoms with Crippen molar-refractivity contribution >= 4 is 11.4 Å². The number of nitrogens with two attached hydrogens (primary N) is 1. The molecule has 3 aromatic rings. The molecule has 9 nitrogen and oxygen atoms in total. The van der Waals surface area contributed by atoms with E-state index in [9.17, 15) is 4.79 Å². The molecule has 9 heteroatoms. The second kappa shape index (κ2) is 16.3. The number of pyridine rings is 1. The molecule has 0 unspecified atom stereocenters. The first-order chi connectivity index (χ1) is 19.2. The van der Waals surface area contributed by atoms with Crippen molar-refractivity contribution < 1.29 is 9.15 Å². The van der Waals surface area contributed by atoms with Crippen molar-refractivity contribution in [3.8, 4) is 11.5 Å². The van der Waals surface area contributed by atoms with Gasteiger partial charge in [-0.15, -0.1) is 10.2 Å². The molecule has 0 radical (unpaired) electrons. The third-order valence-corrected chi connectivity index (χ3v) is 5.77. The molecule has 2 heterocycles. The summed E-state index contributed by atoms with van der Waals surface area (Å²) in [5, 5.41) is 11.9. The maximum atomic E-state index is 12.2. The molecular formula is C31H44N6O3. The Labute approximate surface area is 237 Å². The van der Waals surface area contributed by atoms with Crippen LogP contribution in [0, 0.1) is 6.92 Å². The summed E-state index contributed by atoms with van der Waals surface area (Å²) in [6, 6.07) is 9.35. The molecule has 0 aliphatic rings. The van der Waals surface area contributed by atoms with E-state index in [4.69, 9.17) is 14.9 Å². The van der Waals surface area contributed by atoms with Crippen LogP contribution in [0.25, 0.3) is 17.2 Å². The van der Waals surface area contributed by atoms with E-state index in [0.717, 1.165) is 42.8 Å². The largest absolute Gasteiger partial charge is 0.415 e. The van der Waals surface area contributed by atoms with Gasteiger partial charge in [0.05, 0.1) is 5.71 Å². The number of hydrogen-bond donors (Lipinski definition) is 2.